The summed E-state index contributed by atoms with van der Waals surface area (Å²) in [7, 11) is 0. The summed E-state index contributed by atoms with van der Waals surface area (Å²) >= 11 is 0. The first kappa shape index (κ1) is 14.9. The van der Waals surface area contributed by atoms with Gasteiger partial charge in [-0.05, 0) is 37.5 Å². The van der Waals surface area contributed by atoms with Crippen molar-refractivity contribution in [1.82, 2.24) is 9.97 Å². The molecule has 1 saturated heterocycles. The summed E-state index contributed by atoms with van der Waals surface area (Å²) in [6.45, 7) is 4.27. The van der Waals surface area contributed by atoms with Crippen LogP contribution in [0.15, 0.2) is 36.2 Å². The highest BCUT2D eigenvalue weighted by molar-refractivity contribution is 6.14. The van der Waals surface area contributed by atoms with E-state index in [1.165, 1.54) is 12.8 Å². The van der Waals surface area contributed by atoms with Crippen molar-refractivity contribution < 1.29 is 9.53 Å². The fourth-order valence-corrected chi connectivity index (χ4v) is 3.21. The summed E-state index contributed by atoms with van der Waals surface area (Å²) in [5.41, 5.74) is 3.06. The molecule has 2 aliphatic rings. The van der Waals surface area contributed by atoms with Crippen LogP contribution in [0.1, 0.15) is 34.3 Å². The lowest BCUT2D eigenvalue weighted by molar-refractivity contribution is 0.100. The molecule has 2 aliphatic heterocycles. The Hall–Kier alpha value is -2.69. The predicted octanol–water partition coefficient (Wildman–Crippen LogP) is 3.04. The molecule has 0 saturated carbocycles. The maximum Gasteiger partial charge on any atom is 0.225 e. The Morgan fingerprint density at radius 3 is 2.67 bits per heavy atom. The molecule has 1 fully saturated rings. The van der Waals surface area contributed by atoms with Crippen LogP contribution in [0.2, 0.25) is 0 Å². The third kappa shape index (κ3) is 2.66. The molecule has 2 aromatic rings. The normalized spacial score (nSPS) is 18.6. The number of fused-ring (bicyclic) bond motifs is 1. The standard InChI is InChI=1S/C19H19N3O2/c1-13-5-4-6-16-17(23)15(12-24-18(13)16)9-14-10-20-19(21-11-14)22-7-2-3-8-22/h4-6,9-11H,2-3,7-8,12H2,1H3/b15-9-. The summed E-state index contributed by atoms with van der Waals surface area (Å²) in [6, 6.07) is 5.64. The van der Waals surface area contributed by atoms with E-state index in [0.717, 1.165) is 30.2 Å². The monoisotopic (exact) mass is 321 g/mol. The van der Waals surface area contributed by atoms with Crippen molar-refractivity contribution in [2.45, 2.75) is 19.8 Å². The zero-order valence-electron chi connectivity index (χ0n) is 13.7. The third-order valence-corrected chi connectivity index (χ3v) is 4.51. The molecule has 0 aliphatic carbocycles. The average Bonchev–Trinajstić information content (AvgIpc) is 3.13. The van der Waals surface area contributed by atoms with Gasteiger partial charge in [0.25, 0.3) is 0 Å². The van der Waals surface area contributed by atoms with Gasteiger partial charge < -0.3 is 9.64 Å². The minimum absolute atomic E-state index is 0.0172. The molecular formula is C19H19N3O2. The van der Waals surface area contributed by atoms with Crippen molar-refractivity contribution in [3.63, 3.8) is 0 Å². The van der Waals surface area contributed by atoms with E-state index in [1.807, 2.05) is 31.2 Å². The van der Waals surface area contributed by atoms with Gasteiger partial charge in [0.15, 0.2) is 5.78 Å². The first-order chi connectivity index (χ1) is 11.7. The number of hydrogen-bond acceptors (Lipinski definition) is 5. The van der Waals surface area contributed by atoms with Gasteiger partial charge in [-0.3, -0.25) is 4.79 Å². The topological polar surface area (TPSA) is 55.3 Å². The van der Waals surface area contributed by atoms with Crippen LogP contribution in [-0.2, 0) is 0 Å². The van der Waals surface area contributed by atoms with Crippen LogP contribution in [0.4, 0.5) is 5.95 Å². The molecule has 122 valence electrons. The summed E-state index contributed by atoms with van der Waals surface area (Å²) in [6.07, 6.45) is 7.75. The smallest absolute Gasteiger partial charge is 0.225 e. The van der Waals surface area contributed by atoms with Crippen LogP contribution < -0.4 is 9.64 Å². The quantitative estimate of drug-likeness (QED) is 0.796. The number of carbonyl (C=O) groups excluding carboxylic acids is 1. The minimum atomic E-state index is 0.0172. The number of para-hydroxylation sites is 1. The van der Waals surface area contributed by atoms with Crippen LogP contribution in [0.3, 0.4) is 0 Å². The van der Waals surface area contributed by atoms with Crippen LogP contribution in [0.25, 0.3) is 6.08 Å². The van der Waals surface area contributed by atoms with Gasteiger partial charge in [0.05, 0.1) is 5.56 Å². The largest absolute Gasteiger partial charge is 0.488 e. The molecule has 0 amide bonds. The van der Waals surface area contributed by atoms with E-state index in [-0.39, 0.29) is 12.4 Å². The van der Waals surface area contributed by atoms with Gasteiger partial charge in [-0.2, -0.15) is 0 Å². The zero-order chi connectivity index (χ0) is 16.5. The fraction of sp³-hybridized carbons (Fsp3) is 0.316. The Bertz CT molecular complexity index is 806. The van der Waals surface area contributed by atoms with Crippen LogP contribution in [0.5, 0.6) is 5.75 Å². The molecule has 24 heavy (non-hydrogen) atoms. The zero-order valence-corrected chi connectivity index (χ0v) is 13.7. The van der Waals surface area contributed by atoms with Crippen LogP contribution >= 0.6 is 0 Å². The molecule has 3 heterocycles. The van der Waals surface area contributed by atoms with Crippen LogP contribution in [0, 0.1) is 6.92 Å². The molecular weight excluding hydrogens is 302 g/mol. The highest BCUT2D eigenvalue weighted by Gasteiger charge is 2.24. The van der Waals surface area contributed by atoms with Crippen molar-refractivity contribution in [3.05, 3.63) is 52.9 Å². The maximum atomic E-state index is 12.7. The number of aryl methyl sites for hydroxylation is 1. The van der Waals surface area contributed by atoms with Crippen molar-refractivity contribution >= 4 is 17.8 Å². The highest BCUT2D eigenvalue weighted by atomic mass is 16.5. The average molecular weight is 321 g/mol. The lowest BCUT2D eigenvalue weighted by Crippen LogP contribution is -2.20. The van der Waals surface area contributed by atoms with Crippen molar-refractivity contribution in [1.29, 1.82) is 0 Å². The Morgan fingerprint density at radius 2 is 1.92 bits per heavy atom. The van der Waals surface area contributed by atoms with Gasteiger partial charge in [0, 0.05) is 36.6 Å². The van der Waals surface area contributed by atoms with E-state index in [2.05, 4.69) is 14.9 Å². The summed E-state index contributed by atoms with van der Waals surface area (Å²) in [5.74, 6) is 1.48. The van der Waals surface area contributed by atoms with Crippen molar-refractivity contribution in [2.75, 3.05) is 24.6 Å². The molecule has 0 bridgehead atoms. The second kappa shape index (κ2) is 6.07. The van der Waals surface area contributed by atoms with Gasteiger partial charge in [-0.1, -0.05) is 12.1 Å². The second-order valence-corrected chi connectivity index (χ2v) is 6.25. The molecule has 0 atom stereocenters. The summed E-state index contributed by atoms with van der Waals surface area (Å²) in [4.78, 5) is 23.7. The molecule has 0 unspecified atom stereocenters. The van der Waals surface area contributed by atoms with E-state index < -0.39 is 0 Å². The van der Waals surface area contributed by atoms with Gasteiger partial charge >= 0.3 is 0 Å². The number of Topliss-reactive ketones (excluding diaryl/α,β-unsaturated/α-hetero) is 1. The number of hydrogen-bond donors (Lipinski definition) is 0. The fourth-order valence-electron chi connectivity index (χ4n) is 3.21. The molecule has 0 N–H and O–H groups in total. The Morgan fingerprint density at radius 1 is 1.17 bits per heavy atom. The molecule has 4 rings (SSSR count). The molecule has 1 aromatic heterocycles. The molecule has 1 aromatic carbocycles. The van der Waals surface area contributed by atoms with E-state index in [0.29, 0.717) is 16.9 Å². The van der Waals surface area contributed by atoms with Gasteiger partial charge in [0.2, 0.25) is 5.95 Å². The van der Waals surface area contributed by atoms with Crippen molar-refractivity contribution in [2.24, 2.45) is 0 Å². The van der Waals surface area contributed by atoms with E-state index in [4.69, 9.17) is 4.74 Å². The lowest BCUT2D eigenvalue weighted by atomic mass is 9.97. The number of ether oxygens (including phenoxy) is 1. The number of benzene rings is 1. The van der Waals surface area contributed by atoms with Crippen LogP contribution in [-0.4, -0.2) is 35.4 Å². The molecule has 0 spiro atoms. The van der Waals surface area contributed by atoms with E-state index >= 15 is 0 Å². The molecule has 5 nitrogen and oxygen atoms in total. The van der Waals surface area contributed by atoms with Gasteiger partial charge in [0.1, 0.15) is 12.4 Å². The number of ketones is 1. The lowest BCUT2D eigenvalue weighted by Gasteiger charge is -2.20. The SMILES string of the molecule is Cc1cccc2c1OC/C(=C/c1cnc(N3CCCC3)nc1)C2=O. The minimum Gasteiger partial charge on any atom is -0.488 e. The first-order valence-electron chi connectivity index (χ1n) is 8.27. The number of aromatic nitrogens is 2. The van der Waals surface area contributed by atoms with Gasteiger partial charge in [-0.15, -0.1) is 0 Å². The van der Waals surface area contributed by atoms with E-state index in [1.54, 1.807) is 12.4 Å². The van der Waals surface area contributed by atoms with E-state index in [9.17, 15) is 4.79 Å². The molecule has 5 heteroatoms. The summed E-state index contributed by atoms with van der Waals surface area (Å²) in [5, 5.41) is 0. The number of anilines is 1. The maximum absolute atomic E-state index is 12.7. The van der Waals surface area contributed by atoms with Crippen molar-refractivity contribution in [3.8, 4) is 5.75 Å². The first-order valence-corrected chi connectivity index (χ1v) is 8.27. The Balaban J connectivity index is 1.58. The third-order valence-electron chi connectivity index (χ3n) is 4.51. The second-order valence-electron chi connectivity index (χ2n) is 6.25. The predicted molar refractivity (Wildman–Crippen MR) is 92.5 cm³/mol. The number of carbonyl (C=O) groups is 1. The summed E-state index contributed by atoms with van der Waals surface area (Å²) < 4.78 is 5.78. The molecule has 0 radical (unpaired) electrons. The number of nitrogens with zero attached hydrogens (tertiary/aromatic N) is 3. The highest BCUT2D eigenvalue weighted by Crippen LogP contribution is 2.30. The number of rotatable bonds is 2. The Kier molecular flexibility index (Phi) is 3.76. The Labute approximate surface area is 141 Å². The van der Waals surface area contributed by atoms with Gasteiger partial charge in [-0.25, -0.2) is 9.97 Å².